The van der Waals surface area contributed by atoms with Crippen molar-refractivity contribution in [3.05, 3.63) is 36.1 Å². The average Bonchev–Trinajstić information content (AvgIpc) is 2.67. The minimum absolute atomic E-state index is 0.0977. The van der Waals surface area contributed by atoms with Gasteiger partial charge in [-0.2, -0.15) is 0 Å². The fraction of sp³-hybridized carbons (Fsp3) is 0.556. The van der Waals surface area contributed by atoms with Crippen molar-refractivity contribution in [2.24, 2.45) is 5.92 Å². The standard InChI is InChI=1S/C18H22O10/c1-3-9-10-4-5-24-16(23)11(10)6-26-17(9)28-18-15(22)14(21)13(20)12(27-18)7-25-8(2)19/h3-4,6,9,12-15,17-18,20-22H,1,5,7H2,2H3/t9-,12-,13-,14+,15-,17+,18+/m1/s1. The molecule has 0 aliphatic carbocycles. The van der Waals surface area contributed by atoms with Crippen LogP contribution in [0.5, 0.6) is 0 Å². The smallest absolute Gasteiger partial charge is 0.341 e. The molecule has 3 aliphatic heterocycles. The monoisotopic (exact) mass is 398 g/mol. The van der Waals surface area contributed by atoms with Gasteiger partial charge in [0.05, 0.1) is 11.5 Å². The predicted octanol–water partition coefficient (Wildman–Crippen LogP) is -1.10. The van der Waals surface area contributed by atoms with E-state index in [0.29, 0.717) is 5.57 Å². The van der Waals surface area contributed by atoms with Gasteiger partial charge in [-0.1, -0.05) is 6.08 Å². The van der Waals surface area contributed by atoms with Gasteiger partial charge >= 0.3 is 11.9 Å². The third-order valence-corrected chi connectivity index (χ3v) is 4.66. The summed E-state index contributed by atoms with van der Waals surface area (Å²) >= 11 is 0. The average molecular weight is 398 g/mol. The van der Waals surface area contributed by atoms with Gasteiger partial charge < -0.3 is 39.0 Å². The lowest BCUT2D eigenvalue weighted by atomic mass is 9.89. The Bertz CT molecular complexity index is 698. The van der Waals surface area contributed by atoms with Crippen molar-refractivity contribution in [2.45, 2.75) is 43.9 Å². The molecule has 7 atom stereocenters. The number of cyclic esters (lactones) is 1. The van der Waals surface area contributed by atoms with E-state index in [9.17, 15) is 24.9 Å². The van der Waals surface area contributed by atoms with Gasteiger partial charge in [0.1, 0.15) is 43.9 Å². The van der Waals surface area contributed by atoms with Crippen molar-refractivity contribution >= 4 is 11.9 Å². The van der Waals surface area contributed by atoms with E-state index in [1.807, 2.05) is 0 Å². The first kappa shape index (κ1) is 20.5. The SMILES string of the molecule is C=C[C@@H]1C2=CCOC(=O)C2=CO[C@H]1O[C@@H]1O[C@H](COC(C)=O)[C@@H](O)[C@H](O)[C@H]1O. The Morgan fingerprint density at radius 3 is 2.71 bits per heavy atom. The molecule has 1 saturated heterocycles. The summed E-state index contributed by atoms with van der Waals surface area (Å²) in [5.74, 6) is -1.69. The summed E-state index contributed by atoms with van der Waals surface area (Å²) in [5.41, 5.74) is 0.842. The molecule has 154 valence electrons. The summed E-state index contributed by atoms with van der Waals surface area (Å²) in [6.07, 6.45) is -3.81. The molecule has 10 heteroatoms. The molecule has 0 unspecified atom stereocenters. The molecule has 10 nitrogen and oxygen atoms in total. The predicted molar refractivity (Wildman–Crippen MR) is 90.1 cm³/mol. The maximum Gasteiger partial charge on any atom is 0.341 e. The normalized spacial score (nSPS) is 37.6. The number of carbonyl (C=O) groups is 2. The molecule has 3 heterocycles. The minimum Gasteiger partial charge on any atom is -0.471 e. The van der Waals surface area contributed by atoms with E-state index in [-0.39, 0.29) is 18.8 Å². The summed E-state index contributed by atoms with van der Waals surface area (Å²) in [6, 6.07) is 0. The topological polar surface area (TPSA) is 141 Å². The molecule has 3 rings (SSSR count). The molecule has 0 amide bonds. The number of hydrogen-bond donors (Lipinski definition) is 3. The van der Waals surface area contributed by atoms with Crippen molar-refractivity contribution in [3.63, 3.8) is 0 Å². The second kappa shape index (κ2) is 8.41. The van der Waals surface area contributed by atoms with E-state index in [2.05, 4.69) is 6.58 Å². The lowest BCUT2D eigenvalue weighted by Crippen LogP contribution is -2.60. The molecule has 0 radical (unpaired) electrons. The molecule has 0 aromatic carbocycles. The number of aliphatic hydroxyl groups is 3. The van der Waals surface area contributed by atoms with E-state index >= 15 is 0 Å². The first-order valence-electron chi connectivity index (χ1n) is 8.67. The number of ether oxygens (including phenoxy) is 5. The van der Waals surface area contributed by atoms with E-state index < -0.39 is 54.9 Å². The molecule has 3 aliphatic rings. The number of hydrogen-bond acceptors (Lipinski definition) is 10. The zero-order chi connectivity index (χ0) is 20.4. The van der Waals surface area contributed by atoms with E-state index in [1.54, 1.807) is 6.08 Å². The second-order valence-electron chi connectivity index (χ2n) is 6.51. The van der Waals surface area contributed by atoms with E-state index in [4.69, 9.17) is 23.7 Å². The van der Waals surface area contributed by atoms with Crippen LogP contribution in [0.1, 0.15) is 6.92 Å². The van der Waals surface area contributed by atoms with Crippen LogP contribution in [0, 0.1) is 5.92 Å². The molecule has 0 bridgehead atoms. The van der Waals surface area contributed by atoms with Crippen molar-refractivity contribution in [2.75, 3.05) is 13.2 Å². The summed E-state index contributed by atoms with van der Waals surface area (Å²) < 4.78 is 26.3. The number of carbonyl (C=O) groups excluding carboxylic acids is 2. The molecule has 0 saturated carbocycles. The maximum absolute atomic E-state index is 11.8. The number of rotatable bonds is 5. The van der Waals surface area contributed by atoms with Gasteiger partial charge in [0.15, 0.2) is 6.29 Å². The summed E-state index contributed by atoms with van der Waals surface area (Å²) in [5, 5.41) is 30.3. The summed E-state index contributed by atoms with van der Waals surface area (Å²) in [4.78, 5) is 22.8. The van der Waals surface area contributed by atoms with Gasteiger partial charge in [-0.3, -0.25) is 4.79 Å². The molecule has 0 aromatic heterocycles. The zero-order valence-corrected chi connectivity index (χ0v) is 15.1. The Balaban J connectivity index is 1.74. The number of aliphatic hydroxyl groups excluding tert-OH is 3. The van der Waals surface area contributed by atoms with Gasteiger partial charge in [-0.15, -0.1) is 6.58 Å². The lowest BCUT2D eigenvalue weighted by Gasteiger charge is -2.42. The van der Waals surface area contributed by atoms with Crippen molar-refractivity contribution in [1.82, 2.24) is 0 Å². The molecule has 3 N–H and O–H groups in total. The molecule has 0 aromatic rings. The van der Waals surface area contributed by atoms with Crippen LogP contribution in [0.3, 0.4) is 0 Å². The third kappa shape index (κ3) is 3.96. The highest BCUT2D eigenvalue weighted by molar-refractivity contribution is 5.94. The lowest BCUT2D eigenvalue weighted by molar-refractivity contribution is -0.336. The summed E-state index contributed by atoms with van der Waals surface area (Å²) in [7, 11) is 0. The Labute approximate surface area is 160 Å². The van der Waals surface area contributed by atoms with Gasteiger partial charge in [0.25, 0.3) is 0 Å². The van der Waals surface area contributed by atoms with Crippen LogP contribution in [0.25, 0.3) is 0 Å². The van der Waals surface area contributed by atoms with Gasteiger partial charge in [-0.05, 0) is 11.6 Å². The van der Waals surface area contributed by atoms with E-state index in [1.165, 1.54) is 19.3 Å². The van der Waals surface area contributed by atoms with Gasteiger partial charge in [-0.25, -0.2) is 4.79 Å². The quantitative estimate of drug-likeness (QED) is 0.386. The zero-order valence-electron chi connectivity index (χ0n) is 15.1. The fourth-order valence-corrected chi connectivity index (χ4v) is 3.16. The Hall–Kier alpha value is -2.24. The van der Waals surface area contributed by atoms with Crippen molar-refractivity contribution < 1.29 is 48.6 Å². The molecular formula is C18H22O10. The fourth-order valence-electron chi connectivity index (χ4n) is 3.16. The Morgan fingerprint density at radius 2 is 2.04 bits per heavy atom. The van der Waals surface area contributed by atoms with Crippen LogP contribution in [0.15, 0.2) is 36.1 Å². The highest BCUT2D eigenvalue weighted by Crippen LogP contribution is 2.35. The van der Waals surface area contributed by atoms with Crippen LogP contribution in [-0.4, -0.2) is 77.5 Å². The first-order chi connectivity index (χ1) is 13.3. The minimum atomic E-state index is -1.60. The Kier molecular flexibility index (Phi) is 6.16. The van der Waals surface area contributed by atoms with Crippen LogP contribution < -0.4 is 0 Å². The highest BCUT2D eigenvalue weighted by Gasteiger charge is 2.47. The van der Waals surface area contributed by atoms with Crippen LogP contribution in [0.2, 0.25) is 0 Å². The maximum atomic E-state index is 11.8. The molecule has 28 heavy (non-hydrogen) atoms. The van der Waals surface area contributed by atoms with Crippen molar-refractivity contribution in [1.29, 1.82) is 0 Å². The van der Waals surface area contributed by atoms with Crippen LogP contribution in [0.4, 0.5) is 0 Å². The molecule has 1 fully saturated rings. The Morgan fingerprint density at radius 1 is 1.29 bits per heavy atom. The van der Waals surface area contributed by atoms with E-state index in [0.717, 1.165) is 0 Å². The number of fused-ring (bicyclic) bond motifs is 1. The molecular weight excluding hydrogens is 376 g/mol. The third-order valence-electron chi connectivity index (χ3n) is 4.66. The van der Waals surface area contributed by atoms with Crippen molar-refractivity contribution in [3.8, 4) is 0 Å². The van der Waals surface area contributed by atoms with Gasteiger partial charge in [0.2, 0.25) is 6.29 Å². The molecule has 0 spiro atoms. The van der Waals surface area contributed by atoms with Crippen LogP contribution in [-0.2, 0) is 33.3 Å². The first-order valence-corrected chi connectivity index (χ1v) is 8.67. The van der Waals surface area contributed by atoms with Gasteiger partial charge in [0, 0.05) is 6.92 Å². The highest BCUT2D eigenvalue weighted by atomic mass is 16.8. The largest absolute Gasteiger partial charge is 0.471 e. The summed E-state index contributed by atoms with van der Waals surface area (Å²) in [6.45, 7) is 4.67. The number of esters is 2. The van der Waals surface area contributed by atoms with Crippen LogP contribution >= 0.6 is 0 Å². The second-order valence-corrected chi connectivity index (χ2v) is 6.51.